The van der Waals surface area contributed by atoms with Crippen LogP contribution in [0.4, 0.5) is 4.79 Å². The molecule has 0 saturated carbocycles. The molecule has 1 aliphatic heterocycles. The van der Waals surface area contributed by atoms with Crippen molar-refractivity contribution < 1.29 is 33.2 Å². The van der Waals surface area contributed by atoms with Gasteiger partial charge >= 0.3 is 6.16 Å². The van der Waals surface area contributed by atoms with Gasteiger partial charge in [-0.3, -0.25) is 0 Å². The molecule has 5 atom stereocenters. The second-order valence-corrected chi connectivity index (χ2v) is 5.47. The Kier molecular flexibility index (Phi) is 7.24. The van der Waals surface area contributed by atoms with Crippen molar-refractivity contribution in [3.05, 3.63) is 43.0 Å². The molecule has 1 aromatic rings. The molecular formula is C18H24O7. The van der Waals surface area contributed by atoms with E-state index in [1.165, 1.54) is 20.3 Å². The monoisotopic (exact) mass is 352 g/mol. The number of para-hydroxylation sites is 1. The van der Waals surface area contributed by atoms with Crippen molar-refractivity contribution in [2.45, 2.75) is 37.6 Å². The number of benzene rings is 1. The van der Waals surface area contributed by atoms with Crippen molar-refractivity contribution in [1.82, 2.24) is 0 Å². The molecule has 0 N–H and O–H groups in total. The smallest absolute Gasteiger partial charge is 0.462 e. The highest BCUT2D eigenvalue weighted by atomic mass is 16.8. The summed E-state index contributed by atoms with van der Waals surface area (Å²) in [6.45, 7) is 5.31. The number of hydrogen-bond donors (Lipinski definition) is 0. The zero-order chi connectivity index (χ0) is 18.2. The van der Waals surface area contributed by atoms with Crippen LogP contribution in [0.5, 0.6) is 5.75 Å². The Morgan fingerprint density at radius 1 is 1.16 bits per heavy atom. The highest BCUT2D eigenvalue weighted by molar-refractivity contribution is 5.60. The van der Waals surface area contributed by atoms with Crippen molar-refractivity contribution in [2.24, 2.45) is 0 Å². The van der Waals surface area contributed by atoms with Crippen LogP contribution in [0.3, 0.4) is 0 Å². The summed E-state index contributed by atoms with van der Waals surface area (Å²) in [4.78, 5) is 11.8. The van der Waals surface area contributed by atoms with Gasteiger partial charge in [-0.1, -0.05) is 30.9 Å². The second-order valence-electron chi connectivity index (χ2n) is 5.47. The van der Waals surface area contributed by atoms with Gasteiger partial charge in [-0.05, 0) is 19.1 Å². The predicted molar refractivity (Wildman–Crippen MR) is 89.4 cm³/mol. The van der Waals surface area contributed by atoms with Crippen LogP contribution in [-0.4, -0.2) is 57.7 Å². The fraction of sp³-hybridized carbons (Fsp3) is 0.500. The second kappa shape index (κ2) is 9.41. The molecule has 1 aliphatic rings. The number of hydrogen-bond acceptors (Lipinski definition) is 7. The summed E-state index contributed by atoms with van der Waals surface area (Å²) in [5.74, 6) is 0.640. The van der Waals surface area contributed by atoms with Gasteiger partial charge in [0.05, 0.1) is 6.10 Å². The van der Waals surface area contributed by atoms with Crippen molar-refractivity contribution >= 4 is 6.16 Å². The Balaban J connectivity index is 2.10. The molecule has 0 aromatic heterocycles. The molecule has 0 amide bonds. The first kappa shape index (κ1) is 19.2. The lowest BCUT2D eigenvalue weighted by Crippen LogP contribution is -2.60. The minimum atomic E-state index is -0.820. The van der Waals surface area contributed by atoms with Crippen LogP contribution < -0.4 is 4.74 Å². The van der Waals surface area contributed by atoms with E-state index in [1.807, 2.05) is 30.3 Å². The maximum absolute atomic E-state index is 11.8. The number of rotatable bonds is 7. The van der Waals surface area contributed by atoms with Crippen LogP contribution in [-0.2, 0) is 23.7 Å². The first-order chi connectivity index (χ1) is 12.1. The minimum Gasteiger partial charge on any atom is -0.462 e. The SMILES string of the molecule is C=CCOC(=O)O[C@@H]1[C@@H](OC)[C@@H](OC)C(Oc2ccccc2)O[C@H]1C. The molecule has 0 bridgehead atoms. The number of carbonyl (C=O) groups excluding carboxylic acids is 1. The zero-order valence-corrected chi connectivity index (χ0v) is 14.6. The third-order valence-corrected chi connectivity index (χ3v) is 3.82. The van der Waals surface area contributed by atoms with Crippen LogP contribution in [0, 0.1) is 0 Å². The van der Waals surface area contributed by atoms with Crippen LogP contribution in [0.25, 0.3) is 0 Å². The van der Waals surface area contributed by atoms with E-state index in [2.05, 4.69) is 6.58 Å². The van der Waals surface area contributed by atoms with Crippen molar-refractivity contribution in [1.29, 1.82) is 0 Å². The summed E-state index contributed by atoms with van der Waals surface area (Å²) in [5, 5.41) is 0. The lowest BCUT2D eigenvalue weighted by molar-refractivity contribution is -0.279. The van der Waals surface area contributed by atoms with Gasteiger partial charge in [0.15, 0.2) is 6.10 Å². The molecule has 1 heterocycles. The van der Waals surface area contributed by atoms with E-state index in [-0.39, 0.29) is 6.61 Å². The van der Waals surface area contributed by atoms with Crippen molar-refractivity contribution in [3.8, 4) is 5.75 Å². The van der Waals surface area contributed by atoms with E-state index in [9.17, 15) is 4.79 Å². The third kappa shape index (κ3) is 4.94. The number of carbonyl (C=O) groups is 1. The molecule has 0 spiro atoms. The average Bonchev–Trinajstić information content (AvgIpc) is 2.62. The Morgan fingerprint density at radius 3 is 2.44 bits per heavy atom. The van der Waals surface area contributed by atoms with Gasteiger partial charge in [-0.15, -0.1) is 0 Å². The fourth-order valence-electron chi connectivity index (χ4n) is 2.65. The third-order valence-electron chi connectivity index (χ3n) is 3.82. The highest BCUT2D eigenvalue weighted by Crippen LogP contribution is 2.29. The Morgan fingerprint density at radius 2 is 1.84 bits per heavy atom. The van der Waals surface area contributed by atoms with Crippen LogP contribution in [0.15, 0.2) is 43.0 Å². The predicted octanol–water partition coefficient (Wildman–Crippen LogP) is 2.55. The summed E-state index contributed by atoms with van der Waals surface area (Å²) in [6.07, 6.45) is -2.45. The fourth-order valence-corrected chi connectivity index (χ4v) is 2.65. The normalized spacial score (nSPS) is 28.8. The van der Waals surface area contributed by atoms with Gasteiger partial charge in [0.25, 0.3) is 0 Å². The molecule has 1 saturated heterocycles. The van der Waals surface area contributed by atoms with Crippen LogP contribution in [0.2, 0.25) is 0 Å². The van der Waals surface area contributed by atoms with E-state index in [0.29, 0.717) is 5.75 Å². The Bertz CT molecular complexity index is 548. The summed E-state index contributed by atoms with van der Waals surface area (Å²) < 4.78 is 33.0. The largest absolute Gasteiger partial charge is 0.509 e. The lowest BCUT2D eigenvalue weighted by Gasteiger charge is -2.43. The standard InChI is InChI=1S/C18H24O7/c1-5-11-22-18(19)25-14-12(2)23-17(16(21-4)15(14)20-3)24-13-9-7-6-8-10-13/h5-10,12,14-17H,1,11H2,2-4H3/t12-,14-,15+,16+,17?/m0/s1. The van der Waals surface area contributed by atoms with Gasteiger partial charge in [-0.2, -0.15) is 0 Å². The van der Waals surface area contributed by atoms with Gasteiger partial charge in [0.2, 0.25) is 6.29 Å². The van der Waals surface area contributed by atoms with Crippen molar-refractivity contribution in [3.63, 3.8) is 0 Å². The van der Waals surface area contributed by atoms with E-state index in [0.717, 1.165) is 0 Å². The maximum atomic E-state index is 11.8. The lowest BCUT2D eigenvalue weighted by atomic mass is 9.99. The average molecular weight is 352 g/mol. The van der Waals surface area contributed by atoms with E-state index < -0.39 is 36.9 Å². The number of methoxy groups -OCH3 is 2. The van der Waals surface area contributed by atoms with E-state index in [4.69, 9.17) is 28.4 Å². The zero-order valence-electron chi connectivity index (χ0n) is 14.6. The van der Waals surface area contributed by atoms with Crippen LogP contribution >= 0.6 is 0 Å². The molecule has 7 heteroatoms. The summed E-state index contributed by atoms with van der Waals surface area (Å²) in [5.41, 5.74) is 0. The molecule has 0 aliphatic carbocycles. The molecule has 25 heavy (non-hydrogen) atoms. The molecule has 2 rings (SSSR count). The first-order valence-electron chi connectivity index (χ1n) is 7.97. The Hall–Kier alpha value is -2.09. The van der Waals surface area contributed by atoms with E-state index >= 15 is 0 Å². The molecule has 0 radical (unpaired) electrons. The summed E-state index contributed by atoms with van der Waals surface area (Å²) in [6, 6.07) is 9.24. The van der Waals surface area contributed by atoms with Crippen LogP contribution in [0.1, 0.15) is 6.92 Å². The van der Waals surface area contributed by atoms with Gasteiger partial charge in [-0.25, -0.2) is 4.79 Å². The molecule has 1 fully saturated rings. The summed E-state index contributed by atoms with van der Waals surface area (Å²) in [7, 11) is 3.03. The van der Waals surface area contributed by atoms with Crippen molar-refractivity contribution in [2.75, 3.05) is 20.8 Å². The molecule has 138 valence electrons. The minimum absolute atomic E-state index is 0.0614. The van der Waals surface area contributed by atoms with Gasteiger partial charge in [0, 0.05) is 14.2 Å². The van der Waals surface area contributed by atoms with Gasteiger partial charge in [0.1, 0.15) is 24.6 Å². The highest BCUT2D eigenvalue weighted by Gasteiger charge is 2.48. The Labute approximate surface area is 147 Å². The topological polar surface area (TPSA) is 72.5 Å². The molecular weight excluding hydrogens is 328 g/mol. The molecule has 1 unspecified atom stereocenters. The molecule has 7 nitrogen and oxygen atoms in total. The first-order valence-corrected chi connectivity index (χ1v) is 7.97. The molecule has 1 aromatic carbocycles. The van der Waals surface area contributed by atoms with E-state index in [1.54, 1.807) is 6.92 Å². The summed E-state index contributed by atoms with van der Waals surface area (Å²) >= 11 is 0. The number of ether oxygens (including phenoxy) is 6. The quantitative estimate of drug-likeness (QED) is 0.551. The maximum Gasteiger partial charge on any atom is 0.509 e. The van der Waals surface area contributed by atoms with Gasteiger partial charge < -0.3 is 28.4 Å².